The van der Waals surface area contributed by atoms with Gasteiger partial charge in [0.1, 0.15) is 11.8 Å². The highest BCUT2D eigenvalue weighted by molar-refractivity contribution is 9.09. The van der Waals surface area contributed by atoms with Gasteiger partial charge in [-0.1, -0.05) is 15.9 Å². The Hall–Kier alpha value is -1.17. The van der Waals surface area contributed by atoms with Crippen molar-refractivity contribution >= 4 is 32.9 Å². The van der Waals surface area contributed by atoms with Gasteiger partial charge in [0.05, 0.1) is 6.33 Å². The van der Waals surface area contributed by atoms with Gasteiger partial charge in [0.2, 0.25) is 0 Å². The van der Waals surface area contributed by atoms with E-state index in [0.29, 0.717) is 4.83 Å². The van der Waals surface area contributed by atoms with E-state index in [9.17, 15) is 0 Å². The number of nitrogens with one attached hydrogen (secondary N) is 1. The van der Waals surface area contributed by atoms with Crippen LogP contribution < -0.4 is 4.90 Å². The molecule has 16 heavy (non-hydrogen) atoms. The Kier molecular flexibility index (Phi) is 2.51. The lowest BCUT2D eigenvalue weighted by Gasteiger charge is -2.30. The van der Waals surface area contributed by atoms with E-state index in [1.54, 1.807) is 12.7 Å². The summed E-state index contributed by atoms with van der Waals surface area (Å²) in [7, 11) is 0. The van der Waals surface area contributed by atoms with Gasteiger partial charge in [0.15, 0.2) is 11.5 Å². The van der Waals surface area contributed by atoms with Crippen molar-refractivity contribution in [1.82, 2.24) is 19.9 Å². The molecule has 3 rings (SSSR count). The molecule has 0 bridgehead atoms. The van der Waals surface area contributed by atoms with Crippen molar-refractivity contribution in [1.29, 1.82) is 0 Å². The summed E-state index contributed by atoms with van der Waals surface area (Å²) in [6.45, 7) is 2.04. The summed E-state index contributed by atoms with van der Waals surface area (Å²) in [5.74, 6) is 0.964. The maximum Gasteiger partial charge on any atom is 0.182 e. The largest absolute Gasteiger partial charge is 0.354 e. The van der Waals surface area contributed by atoms with Crippen LogP contribution in [0.3, 0.4) is 0 Å². The first-order valence-corrected chi connectivity index (χ1v) is 6.29. The Morgan fingerprint density at radius 3 is 3.19 bits per heavy atom. The molecule has 5 nitrogen and oxygen atoms in total. The number of rotatable bonds is 1. The molecule has 1 aliphatic heterocycles. The fraction of sp³-hybridized carbons (Fsp3) is 0.500. The standard InChI is InChI=1S/C10H12BrN5/c11-7-2-1-3-16(4-7)10-8-9(13-5-12-8)14-6-15-10/h5-7H,1-4H2,(H,12,13,14,15). The summed E-state index contributed by atoms with van der Waals surface area (Å²) >= 11 is 3.67. The van der Waals surface area contributed by atoms with E-state index in [1.807, 2.05) is 0 Å². The first-order valence-electron chi connectivity index (χ1n) is 5.37. The smallest absolute Gasteiger partial charge is 0.182 e. The summed E-state index contributed by atoms with van der Waals surface area (Å²) in [6, 6.07) is 0. The molecule has 0 saturated carbocycles. The Morgan fingerprint density at radius 2 is 2.31 bits per heavy atom. The second kappa shape index (κ2) is 4.01. The molecule has 0 aliphatic carbocycles. The zero-order chi connectivity index (χ0) is 11.0. The molecule has 6 heteroatoms. The summed E-state index contributed by atoms with van der Waals surface area (Å²) in [5, 5.41) is 0. The predicted molar refractivity (Wildman–Crippen MR) is 65.8 cm³/mol. The number of nitrogens with zero attached hydrogens (tertiary/aromatic N) is 4. The molecule has 0 amide bonds. The summed E-state index contributed by atoms with van der Waals surface area (Å²) in [6.07, 6.45) is 5.66. The van der Waals surface area contributed by atoms with E-state index in [1.165, 1.54) is 12.8 Å². The topological polar surface area (TPSA) is 57.7 Å². The van der Waals surface area contributed by atoms with E-state index < -0.39 is 0 Å². The van der Waals surface area contributed by atoms with Crippen LogP contribution in [0.4, 0.5) is 5.82 Å². The second-order valence-electron chi connectivity index (χ2n) is 3.98. The van der Waals surface area contributed by atoms with Crippen molar-refractivity contribution in [2.24, 2.45) is 0 Å². The van der Waals surface area contributed by atoms with Gasteiger partial charge in [-0.15, -0.1) is 0 Å². The molecule has 1 atom stereocenters. The van der Waals surface area contributed by atoms with E-state index >= 15 is 0 Å². The van der Waals surface area contributed by atoms with Crippen molar-refractivity contribution in [3.05, 3.63) is 12.7 Å². The third-order valence-electron chi connectivity index (χ3n) is 2.87. The molecular formula is C10H12BrN5. The van der Waals surface area contributed by atoms with Crippen LogP contribution in [0.15, 0.2) is 12.7 Å². The third kappa shape index (κ3) is 1.67. The molecule has 84 valence electrons. The first kappa shape index (κ1) is 10.0. The van der Waals surface area contributed by atoms with Crippen LogP contribution >= 0.6 is 15.9 Å². The highest BCUT2D eigenvalue weighted by Crippen LogP contribution is 2.25. The molecule has 1 saturated heterocycles. The number of aromatic amines is 1. The number of aromatic nitrogens is 4. The van der Waals surface area contributed by atoms with E-state index in [-0.39, 0.29) is 0 Å². The summed E-state index contributed by atoms with van der Waals surface area (Å²) in [5.41, 5.74) is 1.67. The van der Waals surface area contributed by atoms with Gasteiger partial charge in [-0.3, -0.25) is 0 Å². The van der Waals surface area contributed by atoms with Crippen molar-refractivity contribution < 1.29 is 0 Å². The van der Waals surface area contributed by atoms with Crippen molar-refractivity contribution in [2.45, 2.75) is 17.7 Å². The van der Waals surface area contributed by atoms with Gasteiger partial charge < -0.3 is 9.88 Å². The average Bonchev–Trinajstić information content (AvgIpc) is 2.76. The van der Waals surface area contributed by atoms with E-state index in [2.05, 4.69) is 40.8 Å². The highest BCUT2D eigenvalue weighted by atomic mass is 79.9. The SMILES string of the molecule is BrC1CCCN(c2ncnc3nc[nH]c23)C1. The van der Waals surface area contributed by atoms with Crippen LogP contribution in [-0.4, -0.2) is 37.9 Å². The maximum absolute atomic E-state index is 4.36. The quantitative estimate of drug-likeness (QED) is 0.809. The van der Waals surface area contributed by atoms with Gasteiger partial charge in [0, 0.05) is 17.9 Å². The van der Waals surface area contributed by atoms with Gasteiger partial charge in [-0.05, 0) is 12.8 Å². The monoisotopic (exact) mass is 281 g/mol. The second-order valence-corrected chi connectivity index (χ2v) is 5.28. The first-order chi connectivity index (χ1) is 7.84. The minimum Gasteiger partial charge on any atom is -0.354 e. The van der Waals surface area contributed by atoms with E-state index in [0.717, 1.165) is 30.1 Å². The number of anilines is 1. The average molecular weight is 282 g/mol. The Bertz CT molecular complexity index is 497. The predicted octanol–water partition coefficient (Wildman–Crippen LogP) is 1.72. The lowest BCUT2D eigenvalue weighted by atomic mass is 10.1. The number of fused-ring (bicyclic) bond motifs is 1. The minimum absolute atomic E-state index is 0.550. The Morgan fingerprint density at radius 1 is 1.38 bits per heavy atom. The number of piperidine rings is 1. The number of hydrogen-bond acceptors (Lipinski definition) is 4. The molecule has 0 radical (unpaired) electrons. The van der Waals surface area contributed by atoms with Gasteiger partial charge in [0.25, 0.3) is 0 Å². The molecule has 1 fully saturated rings. The molecule has 1 unspecified atom stereocenters. The van der Waals surface area contributed by atoms with Crippen molar-refractivity contribution in [3.63, 3.8) is 0 Å². The summed E-state index contributed by atoms with van der Waals surface area (Å²) in [4.78, 5) is 18.6. The molecule has 3 heterocycles. The van der Waals surface area contributed by atoms with Crippen molar-refractivity contribution in [2.75, 3.05) is 18.0 Å². The molecule has 1 aliphatic rings. The van der Waals surface area contributed by atoms with Crippen LogP contribution in [0.2, 0.25) is 0 Å². The van der Waals surface area contributed by atoms with Gasteiger partial charge in [-0.25, -0.2) is 15.0 Å². The minimum atomic E-state index is 0.550. The molecule has 2 aromatic heterocycles. The zero-order valence-electron chi connectivity index (χ0n) is 8.73. The third-order valence-corrected chi connectivity index (χ3v) is 3.61. The normalized spacial score (nSPS) is 21.6. The van der Waals surface area contributed by atoms with E-state index in [4.69, 9.17) is 0 Å². The van der Waals surface area contributed by atoms with Crippen LogP contribution in [0.25, 0.3) is 11.2 Å². The molecular weight excluding hydrogens is 270 g/mol. The highest BCUT2D eigenvalue weighted by Gasteiger charge is 2.21. The lowest BCUT2D eigenvalue weighted by molar-refractivity contribution is 0.592. The maximum atomic E-state index is 4.36. The fourth-order valence-corrected chi connectivity index (χ4v) is 2.78. The number of halogens is 1. The molecule has 0 aromatic carbocycles. The van der Waals surface area contributed by atoms with Crippen LogP contribution in [0.5, 0.6) is 0 Å². The molecule has 2 aromatic rings. The fourth-order valence-electron chi connectivity index (χ4n) is 2.11. The van der Waals surface area contributed by atoms with Crippen LogP contribution in [0, 0.1) is 0 Å². The van der Waals surface area contributed by atoms with Crippen LogP contribution in [0.1, 0.15) is 12.8 Å². The number of imidazole rings is 1. The number of alkyl halides is 1. The lowest BCUT2D eigenvalue weighted by Crippen LogP contribution is -2.36. The Labute approximate surface area is 101 Å². The van der Waals surface area contributed by atoms with Gasteiger partial charge in [-0.2, -0.15) is 0 Å². The summed E-state index contributed by atoms with van der Waals surface area (Å²) < 4.78 is 0. The number of hydrogen-bond donors (Lipinski definition) is 1. The molecule has 0 spiro atoms. The van der Waals surface area contributed by atoms with Gasteiger partial charge >= 0.3 is 0 Å². The number of H-pyrrole nitrogens is 1. The molecule has 1 N–H and O–H groups in total. The Balaban J connectivity index is 2.01. The zero-order valence-corrected chi connectivity index (χ0v) is 10.3. The van der Waals surface area contributed by atoms with Crippen LogP contribution in [-0.2, 0) is 0 Å². The van der Waals surface area contributed by atoms with Crippen molar-refractivity contribution in [3.8, 4) is 0 Å².